The van der Waals surface area contributed by atoms with Gasteiger partial charge in [-0.25, -0.2) is 0 Å². The van der Waals surface area contributed by atoms with Crippen LogP contribution in [0.4, 0.5) is 34.1 Å². The monoisotopic (exact) mass is 1080 g/mol. The molecule has 0 radical (unpaired) electrons. The molecule has 0 saturated heterocycles. The number of aromatic nitrogens is 2. The highest BCUT2D eigenvalue weighted by molar-refractivity contribution is 6.33. The van der Waals surface area contributed by atoms with Crippen molar-refractivity contribution in [1.29, 1.82) is 0 Å². The van der Waals surface area contributed by atoms with Crippen molar-refractivity contribution in [3.63, 3.8) is 0 Å². The Bertz CT molecular complexity index is 5100. The predicted molar refractivity (Wildman–Crippen MR) is 353 cm³/mol. The average molecular weight is 1080 g/mol. The highest BCUT2D eigenvalue weighted by atomic mass is 16.3. The summed E-state index contributed by atoms with van der Waals surface area (Å²) in [5.74, 6) is 0. The van der Waals surface area contributed by atoms with Crippen molar-refractivity contribution in [2.75, 3.05) is 9.80 Å². The molecule has 11 aromatic carbocycles. The van der Waals surface area contributed by atoms with Gasteiger partial charge in [0.25, 0.3) is 0 Å². The maximum atomic E-state index is 6.24. The van der Waals surface area contributed by atoms with E-state index in [1.165, 1.54) is 87.3 Å². The van der Waals surface area contributed by atoms with E-state index >= 15 is 0 Å². The van der Waals surface area contributed by atoms with E-state index in [1.807, 2.05) is 12.5 Å². The molecule has 0 unspecified atom stereocenters. The van der Waals surface area contributed by atoms with Crippen LogP contribution in [-0.4, -0.2) is 8.80 Å². The van der Waals surface area contributed by atoms with Crippen molar-refractivity contribution in [3.8, 4) is 22.3 Å². The van der Waals surface area contributed by atoms with Crippen LogP contribution in [0, 0.1) is 0 Å². The van der Waals surface area contributed by atoms with Gasteiger partial charge in [-0.05, 0) is 118 Å². The molecule has 0 N–H and O–H groups in total. The first-order valence-corrected chi connectivity index (χ1v) is 29.2. The topological polar surface area (TPSA) is 41.6 Å². The lowest BCUT2D eigenvalue weighted by Gasteiger charge is -2.29. The standard InChI is InChI=1S/C78H58N4O2/c1-77(2,3)61-31-19-29-57-69-63(79(49-25-15-9-16-26-49)71-51(47-21-11-7-12-22-47)35-39-67-55(71)41-43-83-67)37-33-53-59-46-66-60(45-65(59)81(73(57)61)75(53)69)54-34-38-64(70-58-30-20-32-62(78(4,5)6)74(58)82(66)76(54)70)80(50-27-17-10-18-28-50)72-52(48-23-13-8-14-24-48)36-40-68-56(72)42-44-84-68/h7-46H,1-6H3. The summed E-state index contributed by atoms with van der Waals surface area (Å²) in [7, 11) is 0. The fourth-order valence-electron chi connectivity index (χ4n) is 14.4. The smallest absolute Gasteiger partial charge is 0.136 e. The van der Waals surface area contributed by atoms with Crippen LogP contribution < -0.4 is 9.80 Å². The number of hydrogen-bond acceptors (Lipinski definition) is 4. The van der Waals surface area contributed by atoms with Gasteiger partial charge in [0.15, 0.2) is 0 Å². The Morgan fingerprint density at radius 3 is 1.11 bits per heavy atom. The Balaban J connectivity index is 1.01. The summed E-state index contributed by atoms with van der Waals surface area (Å²) < 4.78 is 17.7. The molecule has 0 amide bonds. The molecule has 17 rings (SSSR count). The van der Waals surface area contributed by atoms with Crippen molar-refractivity contribution in [3.05, 3.63) is 254 Å². The van der Waals surface area contributed by atoms with Gasteiger partial charge in [-0.15, -0.1) is 0 Å². The maximum Gasteiger partial charge on any atom is 0.136 e. The van der Waals surface area contributed by atoms with Gasteiger partial charge in [0.1, 0.15) is 11.2 Å². The third kappa shape index (κ3) is 6.79. The number of rotatable bonds is 8. The minimum atomic E-state index is -0.177. The fourth-order valence-corrected chi connectivity index (χ4v) is 14.4. The minimum Gasteiger partial charge on any atom is -0.464 e. The molecule has 17 aromatic rings. The zero-order chi connectivity index (χ0) is 56.3. The van der Waals surface area contributed by atoms with E-state index in [9.17, 15) is 0 Å². The molecule has 0 bridgehead atoms. The molecular formula is C78H58N4O2. The van der Waals surface area contributed by atoms with Crippen molar-refractivity contribution in [2.45, 2.75) is 52.4 Å². The third-order valence-corrected chi connectivity index (χ3v) is 18.0. The van der Waals surface area contributed by atoms with Gasteiger partial charge in [0, 0.05) is 76.4 Å². The highest BCUT2D eigenvalue weighted by Gasteiger charge is 2.33. The Hall–Kier alpha value is -10.3. The number of fused-ring (bicyclic) bond motifs is 14. The molecule has 0 aliphatic heterocycles. The summed E-state index contributed by atoms with van der Waals surface area (Å²) in [6, 6.07) is 84.8. The highest BCUT2D eigenvalue weighted by Crippen LogP contribution is 2.56. The van der Waals surface area contributed by atoms with E-state index < -0.39 is 0 Å². The number of benzene rings is 11. The molecule has 0 saturated carbocycles. The Kier molecular flexibility index (Phi) is 10.1. The first-order chi connectivity index (χ1) is 41.0. The number of furan rings is 2. The van der Waals surface area contributed by atoms with Crippen molar-refractivity contribution in [2.24, 2.45) is 0 Å². The van der Waals surface area contributed by atoms with Crippen LogP contribution in [0.25, 0.3) is 120 Å². The molecule has 0 aliphatic rings. The van der Waals surface area contributed by atoms with Gasteiger partial charge in [-0.3, -0.25) is 0 Å². The van der Waals surface area contributed by atoms with E-state index in [-0.39, 0.29) is 10.8 Å². The molecule has 84 heavy (non-hydrogen) atoms. The lowest BCUT2D eigenvalue weighted by molar-refractivity contribution is 0.594. The number of hydrogen-bond donors (Lipinski definition) is 0. The van der Waals surface area contributed by atoms with Gasteiger partial charge < -0.3 is 27.4 Å². The van der Waals surface area contributed by atoms with Crippen LogP contribution in [0.2, 0.25) is 0 Å². The lowest BCUT2D eigenvalue weighted by Crippen LogP contribution is -2.12. The first-order valence-electron chi connectivity index (χ1n) is 29.2. The van der Waals surface area contributed by atoms with E-state index in [4.69, 9.17) is 8.83 Å². The second-order valence-corrected chi connectivity index (χ2v) is 24.8. The van der Waals surface area contributed by atoms with E-state index in [0.29, 0.717) is 0 Å². The van der Waals surface area contributed by atoms with Gasteiger partial charge >= 0.3 is 0 Å². The summed E-state index contributed by atoms with van der Waals surface area (Å²) in [4.78, 5) is 4.99. The summed E-state index contributed by atoms with van der Waals surface area (Å²) in [6.07, 6.45) is 3.65. The van der Waals surface area contributed by atoms with E-state index in [0.717, 1.165) is 78.3 Å². The van der Waals surface area contributed by atoms with E-state index in [1.54, 1.807) is 0 Å². The normalized spacial score (nSPS) is 12.6. The Morgan fingerprint density at radius 2 is 0.714 bits per heavy atom. The predicted octanol–water partition coefficient (Wildman–Crippen LogP) is 22.3. The first kappa shape index (κ1) is 48.4. The molecule has 0 aliphatic carbocycles. The summed E-state index contributed by atoms with van der Waals surface area (Å²) in [5.41, 5.74) is 22.3. The van der Waals surface area contributed by atoms with Crippen LogP contribution >= 0.6 is 0 Å². The average Bonchev–Trinajstić information content (AvgIpc) is 1.56. The molecular weight excluding hydrogens is 1020 g/mol. The Labute approximate surface area is 485 Å². The van der Waals surface area contributed by atoms with Gasteiger partial charge in [0.2, 0.25) is 0 Å². The SMILES string of the molecule is CC(C)(C)c1cccc2c3c(N(c4ccccc4)c4c(-c5ccccc5)ccc5occc45)ccc4c5cc6c(cc5n(c12)c43)c1ccc(N(c2ccccc2)c2c(-c3ccccc3)ccc3occc23)c2c3cccc(C(C)(C)C)c3n6c12. The van der Waals surface area contributed by atoms with Crippen molar-refractivity contribution < 1.29 is 8.83 Å². The largest absolute Gasteiger partial charge is 0.464 e. The van der Waals surface area contributed by atoms with Crippen LogP contribution in [0.5, 0.6) is 0 Å². The zero-order valence-corrected chi connectivity index (χ0v) is 47.7. The zero-order valence-electron chi connectivity index (χ0n) is 47.7. The molecule has 0 atom stereocenters. The second-order valence-electron chi connectivity index (χ2n) is 24.8. The molecule has 6 nitrogen and oxygen atoms in total. The van der Waals surface area contributed by atoms with Crippen molar-refractivity contribution in [1.82, 2.24) is 8.80 Å². The molecule has 0 fully saturated rings. The Morgan fingerprint density at radius 1 is 0.321 bits per heavy atom. The van der Waals surface area contributed by atoms with Crippen LogP contribution in [0.3, 0.4) is 0 Å². The van der Waals surface area contributed by atoms with Gasteiger partial charge in [-0.2, -0.15) is 0 Å². The quantitative estimate of drug-likeness (QED) is 0.152. The number of nitrogens with zero attached hydrogens (tertiary/aromatic N) is 4. The van der Waals surface area contributed by atoms with Gasteiger partial charge in [0.05, 0.1) is 68.4 Å². The third-order valence-electron chi connectivity index (χ3n) is 18.0. The molecule has 6 heterocycles. The second kappa shape index (κ2) is 17.6. The van der Waals surface area contributed by atoms with Crippen LogP contribution in [-0.2, 0) is 10.8 Å². The number of para-hydroxylation sites is 4. The summed E-state index contributed by atoms with van der Waals surface area (Å²) in [6.45, 7) is 14.1. The molecule has 6 aromatic heterocycles. The minimum absolute atomic E-state index is 0.177. The van der Waals surface area contributed by atoms with E-state index in [2.05, 4.69) is 291 Å². The fraction of sp³-hybridized carbons (Fsp3) is 0.103. The summed E-state index contributed by atoms with van der Waals surface area (Å²) in [5, 5.41) is 11.9. The summed E-state index contributed by atoms with van der Waals surface area (Å²) >= 11 is 0. The maximum absolute atomic E-state index is 6.24. The molecule has 0 spiro atoms. The number of anilines is 6. The molecule has 6 heteroatoms. The van der Waals surface area contributed by atoms with Crippen LogP contribution in [0.15, 0.2) is 252 Å². The van der Waals surface area contributed by atoms with Crippen molar-refractivity contribution >= 4 is 132 Å². The lowest BCUT2D eigenvalue weighted by atomic mass is 9.85. The van der Waals surface area contributed by atoms with Gasteiger partial charge in [-0.1, -0.05) is 187 Å². The molecule has 402 valence electrons. The van der Waals surface area contributed by atoms with Crippen LogP contribution in [0.1, 0.15) is 52.7 Å².